The summed E-state index contributed by atoms with van der Waals surface area (Å²) in [7, 11) is 1.28. The molecule has 3 aromatic rings. The molecule has 0 fully saturated rings. The predicted molar refractivity (Wildman–Crippen MR) is 136 cm³/mol. The van der Waals surface area contributed by atoms with E-state index in [1.807, 2.05) is 0 Å². The van der Waals surface area contributed by atoms with Gasteiger partial charge in [0.25, 0.3) is 0 Å². The largest absolute Gasteiger partial charge is 0.494 e. The molecule has 0 aliphatic rings. The third-order valence-electron chi connectivity index (χ3n) is 5.09. The second kappa shape index (κ2) is 14.0. The summed E-state index contributed by atoms with van der Waals surface area (Å²) >= 11 is 0. The maximum atomic E-state index is 12.5. The molecule has 0 saturated carbocycles. The molecule has 0 saturated heterocycles. The molecule has 38 heavy (non-hydrogen) atoms. The van der Waals surface area contributed by atoms with Crippen LogP contribution in [0.2, 0.25) is 0 Å². The van der Waals surface area contributed by atoms with E-state index < -0.39 is 23.9 Å². The predicted octanol–water partition coefficient (Wildman–Crippen LogP) is 4.80. The average Bonchev–Trinajstić information content (AvgIpc) is 2.95. The molecule has 0 heterocycles. The van der Waals surface area contributed by atoms with Crippen molar-refractivity contribution in [3.63, 3.8) is 0 Å². The third kappa shape index (κ3) is 8.34. The number of carbonyl (C=O) groups is 4. The van der Waals surface area contributed by atoms with Crippen LogP contribution in [0.15, 0.2) is 85.5 Å². The van der Waals surface area contributed by atoms with Crippen molar-refractivity contribution in [2.24, 2.45) is 0 Å². The van der Waals surface area contributed by atoms with Crippen LogP contribution in [0, 0.1) is 0 Å². The van der Waals surface area contributed by atoms with Gasteiger partial charge in [-0.25, -0.2) is 19.2 Å². The van der Waals surface area contributed by atoms with E-state index >= 15 is 0 Å². The zero-order chi connectivity index (χ0) is 27.3. The van der Waals surface area contributed by atoms with Gasteiger partial charge in [-0.15, -0.1) is 0 Å². The molecule has 0 aliphatic carbocycles. The van der Waals surface area contributed by atoms with Gasteiger partial charge < -0.3 is 23.7 Å². The van der Waals surface area contributed by atoms with E-state index in [0.717, 1.165) is 6.08 Å². The topological polar surface area (TPSA) is 114 Å². The summed E-state index contributed by atoms with van der Waals surface area (Å²) in [6, 6.07) is 18.4. The number of hydrogen-bond acceptors (Lipinski definition) is 9. The molecule has 3 rings (SSSR count). The number of ether oxygens (including phenoxy) is 5. The van der Waals surface area contributed by atoms with E-state index in [9.17, 15) is 19.2 Å². The lowest BCUT2D eigenvalue weighted by molar-refractivity contribution is -0.137. The summed E-state index contributed by atoms with van der Waals surface area (Å²) < 4.78 is 25.8. The zero-order valence-corrected chi connectivity index (χ0v) is 20.7. The Balaban J connectivity index is 1.45. The fraction of sp³-hybridized carbons (Fsp3) is 0.172. The van der Waals surface area contributed by atoms with E-state index in [4.69, 9.17) is 18.9 Å². The van der Waals surface area contributed by atoms with Crippen LogP contribution in [-0.2, 0) is 14.3 Å². The van der Waals surface area contributed by atoms with Gasteiger partial charge in [-0.05, 0) is 85.6 Å². The Kier molecular flexibility index (Phi) is 10.2. The zero-order valence-electron chi connectivity index (χ0n) is 20.7. The molecule has 0 N–H and O–H groups in total. The molecular formula is C29H26O9. The monoisotopic (exact) mass is 518 g/mol. The molecule has 0 aliphatic heterocycles. The van der Waals surface area contributed by atoms with Crippen LogP contribution in [0.3, 0.4) is 0 Å². The number of methoxy groups -OCH3 is 1. The first-order valence-electron chi connectivity index (χ1n) is 11.6. The summed E-state index contributed by atoms with van der Waals surface area (Å²) in [5, 5.41) is 0. The number of rotatable bonds is 12. The van der Waals surface area contributed by atoms with Crippen LogP contribution in [0.4, 0.5) is 0 Å². The van der Waals surface area contributed by atoms with Crippen LogP contribution < -0.4 is 14.2 Å². The van der Waals surface area contributed by atoms with Crippen LogP contribution in [-0.4, -0.2) is 44.2 Å². The number of hydrogen-bond donors (Lipinski definition) is 0. The van der Waals surface area contributed by atoms with Gasteiger partial charge >= 0.3 is 23.9 Å². The normalized spacial score (nSPS) is 10.1. The van der Waals surface area contributed by atoms with Crippen molar-refractivity contribution in [2.75, 3.05) is 20.3 Å². The Morgan fingerprint density at radius 3 is 1.50 bits per heavy atom. The second-order valence-corrected chi connectivity index (χ2v) is 7.77. The number of benzene rings is 3. The lowest BCUT2D eigenvalue weighted by atomic mass is 10.2. The second-order valence-electron chi connectivity index (χ2n) is 7.77. The minimum atomic E-state index is -0.609. The van der Waals surface area contributed by atoms with Gasteiger partial charge in [0.1, 0.15) is 17.2 Å². The quantitative estimate of drug-likeness (QED) is 0.144. The van der Waals surface area contributed by atoms with Gasteiger partial charge in [-0.1, -0.05) is 6.58 Å². The fourth-order valence-corrected chi connectivity index (χ4v) is 3.08. The van der Waals surface area contributed by atoms with Gasteiger partial charge in [0.05, 0.1) is 37.0 Å². The Morgan fingerprint density at radius 2 is 1.05 bits per heavy atom. The Bertz CT molecular complexity index is 1260. The van der Waals surface area contributed by atoms with Gasteiger partial charge in [0.15, 0.2) is 0 Å². The van der Waals surface area contributed by atoms with E-state index in [-0.39, 0.29) is 17.1 Å². The van der Waals surface area contributed by atoms with Crippen molar-refractivity contribution in [3.8, 4) is 17.2 Å². The van der Waals surface area contributed by atoms with Crippen molar-refractivity contribution < 1.29 is 42.9 Å². The van der Waals surface area contributed by atoms with Gasteiger partial charge in [0.2, 0.25) is 0 Å². The molecule has 0 atom stereocenters. The maximum absolute atomic E-state index is 12.5. The van der Waals surface area contributed by atoms with E-state index in [1.165, 1.54) is 55.6 Å². The summed E-state index contributed by atoms with van der Waals surface area (Å²) in [4.78, 5) is 47.3. The van der Waals surface area contributed by atoms with Crippen LogP contribution >= 0.6 is 0 Å². The molecule has 0 amide bonds. The van der Waals surface area contributed by atoms with Crippen LogP contribution in [0.1, 0.15) is 43.9 Å². The Morgan fingerprint density at radius 1 is 0.632 bits per heavy atom. The first-order valence-corrected chi connectivity index (χ1v) is 11.6. The third-order valence-corrected chi connectivity index (χ3v) is 5.09. The highest BCUT2D eigenvalue weighted by atomic mass is 16.5. The van der Waals surface area contributed by atoms with Crippen LogP contribution in [0.25, 0.3) is 0 Å². The first-order chi connectivity index (χ1) is 18.4. The summed E-state index contributed by atoms with van der Waals surface area (Å²) in [5.74, 6) is -1.01. The van der Waals surface area contributed by atoms with E-state index in [1.54, 1.807) is 24.3 Å². The van der Waals surface area contributed by atoms with Crippen molar-refractivity contribution in [2.45, 2.75) is 12.8 Å². The first kappa shape index (κ1) is 27.7. The van der Waals surface area contributed by atoms with Gasteiger partial charge in [0, 0.05) is 6.08 Å². The fourth-order valence-electron chi connectivity index (χ4n) is 3.08. The lowest BCUT2D eigenvalue weighted by Gasteiger charge is -2.08. The molecule has 0 bridgehead atoms. The minimum Gasteiger partial charge on any atom is -0.494 e. The van der Waals surface area contributed by atoms with E-state index in [0.29, 0.717) is 42.9 Å². The molecular weight excluding hydrogens is 492 g/mol. The number of esters is 4. The van der Waals surface area contributed by atoms with E-state index in [2.05, 4.69) is 11.3 Å². The highest BCUT2D eigenvalue weighted by Gasteiger charge is 2.13. The highest BCUT2D eigenvalue weighted by Crippen LogP contribution is 2.19. The van der Waals surface area contributed by atoms with Gasteiger partial charge in [-0.2, -0.15) is 0 Å². The molecule has 9 nitrogen and oxygen atoms in total. The molecule has 9 heteroatoms. The summed E-state index contributed by atoms with van der Waals surface area (Å²) in [6.07, 6.45) is 2.47. The van der Waals surface area contributed by atoms with Crippen molar-refractivity contribution in [3.05, 3.63) is 102 Å². The smallest absolute Gasteiger partial charge is 0.343 e. The van der Waals surface area contributed by atoms with Crippen molar-refractivity contribution >= 4 is 23.9 Å². The standard InChI is InChI=1S/C29H26O9/c1-3-26(30)36-19-5-4-18-35-23-12-6-21(7-13-23)28(32)38-25-16-10-22(11-17-25)29(33)37-24-14-8-20(9-15-24)27(31)34-2/h3,6-17H,1,4-5,18-19H2,2H3. The van der Waals surface area contributed by atoms with Crippen molar-refractivity contribution in [1.82, 2.24) is 0 Å². The molecule has 3 aromatic carbocycles. The molecule has 0 spiro atoms. The maximum Gasteiger partial charge on any atom is 0.343 e. The molecule has 196 valence electrons. The Labute approximate surface area is 219 Å². The number of carbonyl (C=O) groups excluding carboxylic acids is 4. The Hall–Kier alpha value is -4.92. The minimum absolute atomic E-state index is 0.252. The summed E-state index contributed by atoms with van der Waals surface area (Å²) in [6.45, 7) is 4.06. The lowest BCUT2D eigenvalue weighted by Crippen LogP contribution is -2.10. The number of unbranched alkanes of at least 4 members (excludes halogenated alkanes) is 1. The average molecular weight is 519 g/mol. The molecule has 0 radical (unpaired) electrons. The van der Waals surface area contributed by atoms with Crippen molar-refractivity contribution in [1.29, 1.82) is 0 Å². The SMILES string of the molecule is C=CC(=O)OCCCCOc1ccc(C(=O)Oc2ccc(C(=O)Oc3ccc(C(=O)OC)cc3)cc2)cc1. The molecule has 0 aromatic heterocycles. The summed E-state index contributed by atoms with van der Waals surface area (Å²) in [5.41, 5.74) is 0.913. The van der Waals surface area contributed by atoms with Gasteiger partial charge in [-0.3, -0.25) is 0 Å². The highest BCUT2D eigenvalue weighted by molar-refractivity contribution is 5.93. The molecule has 0 unspecified atom stereocenters. The van der Waals surface area contributed by atoms with Crippen LogP contribution in [0.5, 0.6) is 17.2 Å².